The largest absolute Gasteiger partial charge is 0.358 e. The van der Waals surface area contributed by atoms with E-state index in [4.69, 9.17) is 11.6 Å². The van der Waals surface area contributed by atoms with Crippen LogP contribution in [0.3, 0.4) is 0 Å². The second-order valence-electron chi connectivity index (χ2n) is 10.2. The van der Waals surface area contributed by atoms with Gasteiger partial charge in [0, 0.05) is 28.0 Å². The van der Waals surface area contributed by atoms with E-state index in [1.165, 1.54) is 0 Å². The number of amides is 1. The van der Waals surface area contributed by atoms with E-state index in [9.17, 15) is 14.4 Å². The van der Waals surface area contributed by atoms with Gasteiger partial charge in [-0.2, -0.15) is 0 Å². The van der Waals surface area contributed by atoms with E-state index >= 15 is 0 Å². The Morgan fingerprint density at radius 2 is 1.44 bits per heavy atom. The van der Waals surface area contributed by atoms with Crippen molar-refractivity contribution in [3.8, 4) is 0 Å². The Balaban J connectivity index is 1.54. The number of anilines is 1. The van der Waals surface area contributed by atoms with E-state index < -0.39 is 23.4 Å². The molecule has 4 aromatic rings. The van der Waals surface area contributed by atoms with Crippen LogP contribution in [0.25, 0.3) is 6.08 Å². The summed E-state index contributed by atoms with van der Waals surface area (Å²) < 4.78 is 0. The quantitative estimate of drug-likeness (QED) is 0.313. The Labute approximate surface area is 230 Å². The lowest BCUT2D eigenvalue weighted by Crippen LogP contribution is -2.49. The molecule has 0 aromatic heterocycles. The van der Waals surface area contributed by atoms with Gasteiger partial charge in [-0.3, -0.25) is 14.4 Å². The minimum absolute atomic E-state index is 0.203. The number of halogens is 1. The summed E-state index contributed by atoms with van der Waals surface area (Å²) in [7, 11) is 0. The lowest BCUT2D eigenvalue weighted by atomic mass is 9.62. The maximum Gasteiger partial charge on any atom is 0.238 e. The first-order valence-corrected chi connectivity index (χ1v) is 13.2. The van der Waals surface area contributed by atoms with Crippen molar-refractivity contribution in [2.75, 3.05) is 5.32 Å². The fraction of sp³-hybridized carbons (Fsp3) is 0.121. The number of rotatable bonds is 4. The Hall–Kier alpha value is -4.48. The third-order valence-electron chi connectivity index (χ3n) is 8.31. The first-order chi connectivity index (χ1) is 19.0. The summed E-state index contributed by atoms with van der Waals surface area (Å²) in [6.45, 7) is 0. The predicted molar refractivity (Wildman–Crippen MR) is 151 cm³/mol. The van der Waals surface area contributed by atoms with E-state index in [0.29, 0.717) is 21.8 Å². The molecule has 3 aliphatic rings. The molecule has 4 atom stereocenters. The van der Waals surface area contributed by atoms with Crippen LogP contribution < -0.4 is 5.32 Å². The van der Waals surface area contributed by atoms with Gasteiger partial charge in [-0.05, 0) is 53.1 Å². The molecule has 7 rings (SSSR count). The van der Waals surface area contributed by atoms with Crippen molar-refractivity contribution in [1.82, 2.24) is 4.90 Å². The smallest absolute Gasteiger partial charge is 0.238 e. The van der Waals surface area contributed by atoms with Gasteiger partial charge < -0.3 is 10.2 Å². The number of para-hydroxylation sites is 1. The molecule has 0 saturated carbocycles. The van der Waals surface area contributed by atoms with Crippen LogP contribution in [0, 0.1) is 5.92 Å². The summed E-state index contributed by atoms with van der Waals surface area (Å²) in [6, 6.07) is 29.6. The minimum atomic E-state index is -1.34. The minimum Gasteiger partial charge on any atom is -0.358 e. The molecule has 190 valence electrons. The number of benzene rings is 4. The second kappa shape index (κ2) is 8.79. The summed E-state index contributed by atoms with van der Waals surface area (Å²) in [5.74, 6) is -1.76. The number of Topliss-reactive ketones (excluding diaryl/α,β-unsaturated/α-hetero) is 2. The van der Waals surface area contributed by atoms with Crippen LogP contribution in [0.1, 0.15) is 43.4 Å². The van der Waals surface area contributed by atoms with Crippen LogP contribution in [0.5, 0.6) is 0 Å². The lowest BCUT2D eigenvalue weighted by Gasteiger charge is -2.38. The van der Waals surface area contributed by atoms with Gasteiger partial charge in [0.25, 0.3) is 0 Å². The zero-order valence-electron chi connectivity index (χ0n) is 20.8. The molecule has 3 aliphatic heterocycles. The van der Waals surface area contributed by atoms with Crippen LogP contribution in [0.2, 0.25) is 5.02 Å². The highest BCUT2D eigenvalue weighted by molar-refractivity contribution is 6.30. The number of nitrogens with zero attached hydrogens (tertiary/aromatic N) is 1. The highest BCUT2D eigenvalue weighted by atomic mass is 35.5. The topological polar surface area (TPSA) is 66.5 Å². The van der Waals surface area contributed by atoms with E-state index in [1.807, 2.05) is 83.9 Å². The van der Waals surface area contributed by atoms with Crippen molar-refractivity contribution in [3.05, 3.63) is 142 Å². The molecule has 4 unspecified atom stereocenters. The summed E-state index contributed by atoms with van der Waals surface area (Å²) in [5, 5.41) is 3.57. The summed E-state index contributed by atoms with van der Waals surface area (Å²) in [6.07, 6.45) is 3.84. The van der Waals surface area contributed by atoms with Gasteiger partial charge in [0.15, 0.2) is 11.6 Å². The maximum atomic E-state index is 14.7. The molecule has 4 aromatic carbocycles. The van der Waals surface area contributed by atoms with E-state index in [-0.39, 0.29) is 17.5 Å². The summed E-state index contributed by atoms with van der Waals surface area (Å²) in [4.78, 5) is 45.4. The van der Waals surface area contributed by atoms with Crippen molar-refractivity contribution in [2.24, 2.45) is 5.92 Å². The fourth-order valence-electron chi connectivity index (χ4n) is 6.73. The van der Waals surface area contributed by atoms with Crippen LogP contribution in [0.4, 0.5) is 5.69 Å². The summed E-state index contributed by atoms with van der Waals surface area (Å²) in [5.41, 5.74) is 2.81. The normalized spacial score (nSPS) is 24.2. The van der Waals surface area contributed by atoms with E-state index in [1.54, 1.807) is 36.4 Å². The Kier molecular flexibility index (Phi) is 5.32. The van der Waals surface area contributed by atoms with Crippen molar-refractivity contribution in [3.63, 3.8) is 0 Å². The maximum absolute atomic E-state index is 14.7. The number of hydrogen-bond donors (Lipinski definition) is 1. The molecule has 0 radical (unpaired) electrons. The molecule has 0 bridgehead atoms. The van der Waals surface area contributed by atoms with Crippen LogP contribution >= 0.6 is 11.6 Å². The number of ketones is 2. The average Bonchev–Trinajstić information content (AvgIpc) is 3.45. The Bertz CT molecular complexity index is 1680. The number of carbonyl (C=O) groups excluding carboxylic acids is 3. The number of hydrogen-bond acceptors (Lipinski definition) is 4. The third-order valence-corrected chi connectivity index (χ3v) is 8.56. The van der Waals surface area contributed by atoms with Gasteiger partial charge in [0.2, 0.25) is 5.91 Å². The average molecular weight is 531 g/mol. The molecule has 1 saturated heterocycles. The molecule has 0 aliphatic carbocycles. The molecule has 3 heterocycles. The number of carbonyl (C=O) groups is 3. The zero-order valence-corrected chi connectivity index (χ0v) is 21.5. The number of fused-ring (bicyclic) bond motifs is 6. The summed E-state index contributed by atoms with van der Waals surface area (Å²) >= 11 is 6.15. The van der Waals surface area contributed by atoms with Gasteiger partial charge in [-0.1, -0.05) is 84.4 Å². The molecule has 1 amide bonds. The third kappa shape index (κ3) is 3.30. The van der Waals surface area contributed by atoms with Crippen LogP contribution in [-0.2, 0) is 10.2 Å². The molecular weight excluding hydrogens is 508 g/mol. The highest BCUT2D eigenvalue weighted by Crippen LogP contribution is 2.62. The van der Waals surface area contributed by atoms with Crippen molar-refractivity contribution < 1.29 is 14.4 Å². The monoisotopic (exact) mass is 530 g/mol. The molecule has 5 nitrogen and oxygen atoms in total. The molecule has 39 heavy (non-hydrogen) atoms. The van der Waals surface area contributed by atoms with Gasteiger partial charge in [-0.15, -0.1) is 0 Å². The van der Waals surface area contributed by atoms with E-state index in [2.05, 4.69) is 5.32 Å². The lowest BCUT2D eigenvalue weighted by molar-refractivity contribution is -0.122. The predicted octanol–water partition coefficient (Wildman–Crippen LogP) is 6.32. The second-order valence-corrected chi connectivity index (χ2v) is 10.6. The fourth-order valence-corrected chi connectivity index (χ4v) is 6.86. The molecule has 1 N–H and O–H groups in total. The SMILES string of the molecule is O=C(c1ccccc1)C1C(C(=O)c2ccc(Cl)cc2)C2(C(=O)Nc3ccccc32)C2c3ccccc3C=CN12. The molecular formula is C33H23ClN2O3. The van der Waals surface area contributed by atoms with E-state index in [0.717, 1.165) is 16.7 Å². The van der Waals surface area contributed by atoms with Gasteiger partial charge in [-0.25, -0.2) is 0 Å². The van der Waals surface area contributed by atoms with Gasteiger partial charge >= 0.3 is 0 Å². The first-order valence-electron chi connectivity index (χ1n) is 12.9. The van der Waals surface area contributed by atoms with Crippen molar-refractivity contribution >= 4 is 40.8 Å². The van der Waals surface area contributed by atoms with Crippen molar-refractivity contribution in [1.29, 1.82) is 0 Å². The van der Waals surface area contributed by atoms with Crippen LogP contribution in [-0.4, -0.2) is 28.4 Å². The van der Waals surface area contributed by atoms with Gasteiger partial charge in [0.1, 0.15) is 11.5 Å². The number of nitrogens with one attached hydrogen (secondary N) is 1. The standard InChI is InChI=1S/C33H23ClN2O3/c34-23-16-14-22(15-17-23)29(37)27-28(30(38)21-9-2-1-3-10-21)36-19-18-20-8-4-5-11-24(20)31(36)33(27)25-12-6-7-13-26(25)35-32(33)39/h1-19,27-28,31H,(H,35,39). The van der Waals surface area contributed by atoms with Crippen molar-refractivity contribution in [2.45, 2.75) is 17.5 Å². The molecule has 1 fully saturated rings. The zero-order chi connectivity index (χ0) is 26.7. The Morgan fingerprint density at radius 3 is 2.23 bits per heavy atom. The van der Waals surface area contributed by atoms with Gasteiger partial charge in [0.05, 0.1) is 12.0 Å². The highest BCUT2D eigenvalue weighted by Gasteiger charge is 2.70. The molecule has 1 spiro atoms. The molecule has 6 heteroatoms. The first kappa shape index (κ1) is 23.6. The van der Waals surface area contributed by atoms with Crippen LogP contribution in [0.15, 0.2) is 109 Å². The Morgan fingerprint density at radius 1 is 0.769 bits per heavy atom.